The lowest BCUT2D eigenvalue weighted by Gasteiger charge is -2.08. The summed E-state index contributed by atoms with van der Waals surface area (Å²) in [7, 11) is 3.72. The lowest BCUT2D eigenvalue weighted by molar-refractivity contribution is 0.630. The summed E-state index contributed by atoms with van der Waals surface area (Å²) in [5, 5.41) is 7.39. The summed E-state index contributed by atoms with van der Waals surface area (Å²) in [5.41, 5.74) is 0.971. The smallest absolute Gasteiger partial charge is 0.164 e. The molecule has 0 aliphatic rings. The molecule has 0 spiro atoms. The highest BCUT2D eigenvalue weighted by Gasteiger charge is 2.16. The van der Waals surface area contributed by atoms with E-state index in [1.54, 1.807) is 6.07 Å². The third-order valence-electron chi connectivity index (χ3n) is 2.31. The first-order valence-electron chi connectivity index (χ1n) is 4.87. The van der Waals surface area contributed by atoms with Crippen LogP contribution in [0.15, 0.2) is 22.7 Å². The number of halogens is 3. The number of nitrogens with zero attached hydrogens (tertiary/aromatic N) is 2. The Morgan fingerprint density at radius 3 is 2.71 bits per heavy atom. The normalized spacial score (nSPS) is 10.6. The van der Waals surface area contributed by atoms with Gasteiger partial charge in [0.25, 0.3) is 0 Å². The fourth-order valence-electron chi connectivity index (χ4n) is 1.48. The molecule has 0 amide bonds. The molecule has 0 radical (unpaired) electrons. The fraction of sp³-hybridized carbons (Fsp3) is 0.182. The van der Waals surface area contributed by atoms with Crippen LogP contribution in [-0.4, -0.2) is 24.3 Å². The van der Waals surface area contributed by atoms with Gasteiger partial charge in [-0.05, 0) is 34.1 Å². The van der Waals surface area contributed by atoms with Crippen LogP contribution in [0.3, 0.4) is 0 Å². The highest BCUT2D eigenvalue weighted by atomic mass is 79.9. The van der Waals surface area contributed by atoms with Gasteiger partial charge in [0.1, 0.15) is 5.82 Å². The minimum absolute atomic E-state index is 0.343. The summed E-state index contributed by atoms with van der Waals surface area (Å²) < 4.78 is 14.4. The zero-order valence-corrected chi connectivity index (χ0v) is 11.6. The lowest BCUT2D eigenvalue weighted by atomic mass is 10.1. The van der Waals surface area contributed by atoms with Crippen LogP contribution < -0.4 is 4.90 Å². The largest absolute Gasteiger partial charge is 0.360 e. The van der Waals surface area contributed by atoms with Crippen molar-refractivity contribution in [2.75, 3.05) is 19.0 Å². The standard InChI is InChI=1S/C11H10BrClFN3/c1-17(2)11-9(12)10(15-16-11)7-5-6(13)3-4-8(7)14/h3-5H,1-2H3,(H,15,16). The van der Waals surface area contributed by atoms with E-state index in [1.807, 2.05) is 19.0 Å². The predicted molar refractivity (Wildman–Crippen MR) is 71.0 cm³/mol. The second-order valence-corrected chi connectivity index (χ2v) is 4.98. The van der Waals surface area contributed by atoms with Crippen LogP contribution >= 0.6 is 27.5 Å². The van der Waals surface area contributed by atoms with E-state index in [9.17, 15) is 4.39 Å². The van der Waals surface area contributed by atoms with E-state index in [2.05, 4.69) is 26.1 Å². The first kappa shape index (κ1) is 12.4. The quantitative estimate of drug-likeness (QED) is 0.915. The van der Waals surface area contributed by atoms with Gasteiger partial charge in [-0.1, -0.05) is 11.6 Å². The second kappa shape index (κ2) is 4.66. The van der Waals surface area contributed by atoms with Crippen molar-refractivity contribution in [3.63, 3.8) is 0 Å². The Balaban J connectivity index is 2.57. The Morgan fingerprint density at radius 2 is 2.12 bits per heavy atom. The molecule has 1 heterocycles. The number of anilines is 1. The Morgan fingerprint density at radius 1 is 1.41 bits per heavy atom. The van der Waals surface area contributed by atoms with E-state index in [1.165, 1.54) is 12.1 Å². The number of H-pyrrole nitrogens is 1. The van der Waals surface area contributed by atoms with Gasteiger partial charge in [-0.25, -0.2) is 4.39 Å². The molecule has 0 atom stereocenters. The molecule has 0 bridgehead atoms. The second-order valence-electron chi connectivity index (χ2n) is 3.75. The molecule has 0 unspecified atom stereocenters. The molecule has 0 saturated heterocycles. The number of hydrogen-bond donors (Lipinski definition) is 1. The molecule has 1 aromatic heterocycles. The third kappa shape index (κ3) is 2.30. The first-order chi connectivity index (χ1) is 8.00. The first-order valence-corrected chi connectivity index (χ1v) is 6.04. The molecule has 0 fully saturated rings. The van der Waals surface area contributed by atoms with E-state index in [-0.39, 0.29) is 5.82 Å². The van der Waals surface area contributed by atoms with Crippen molar-refractivity contribution in [1.82, 2.24) is 10.2 Å². The van der Waals surface area contributed by atoms with Gasteiger partial charge in [-0.15, -0.1) is 0 Å². The van der Waals surface area contributed by atoms with Gasteiger partial charge in [0.15, 0.2) is 5.82 Å². The molecule has 90 valence electrons. The third-order valence-corrected chi connectivity index (χ3v) is 3.30. The minimum Gasteiger partial charge on any atom is -0.360 e. The maximum Gasteiger partial charge on any atom is 0.164 e. The monoisotopic (exact) mass is 317 g/mol. The van der Waals surface area contributed by atoms with Crippen LogP contribution in [0.5, 0.6) is 0 Å². The van der Waals surface area contributed by atoms with Gasteiger partial charge in [0, 0.05) is 24.7 Å². The number of aromatic nitrogens is 2. The summed E-state index contributed by atoms with van der Waals surface area (Å²) in [4.78, 5) is 1.83. The summed E-state index contributed by atoms with van der Waals surface area (Å²) in [5.74, 6) is 0.364. The molecule has 6 heteroatoms. The van der Waals surface area contributed by atoms with Gasteiger partial charge in [0.2, 0.25) is 0 Å². The van der Waals surface area contributed by atoms with Crippen molar-refractivity contribution in [2.24, 2.45) is 0 Å². The molecule has 0 saturated carbocycles. The molecule has 3 nitrogen and oxygen atoms in total. The van der Waals surface area contributed by atoms with Crippen LogP contribution in [-0.2, 0) is 0 Å². The van der Waals surface area contributed by atoms with E-state index in [0.29, 0.717) is 26.6 Å². The Labute approximate surface area is 112 Å². The van der Waals surface area contributed by atoms with E-state index in [4.69, 9.17) is 11.6 Å². The van der Waals surface area contributed by atoms with Crippen molar-refractivity contribution in [1.29, 1.82) is 0 Å². The Bertz CT molecular complexity index is 554. The van der Waals surface area contributed by atoms with Crippen molar-refractivity contribution < 1.29 is 4.39 Å². The fourth-order valence-corrected chi connectivity index (χ4v) is 2.40. The van der Waals surface area contributed by atoms with Crippen molar-refractivity contribution >= 4 is 33.3 Å². The Kier molecular flexibility index (Phi) is 3.40. The highest BCUT2D eigenvalue weighted by molar-refractivity contribution is 9.10. The van der Waals surface area contributed by atoms with Crippen molar-refractivity contribution in [3.05, 3.63) is 33.5 Å². The highest BCUT2D eigenvalue weighted by Crippen LogP contribution is 2.35. The molecule has 2 rings (SSSR count). The number of hydrogen-bond acceptors (Lipinski definition) is 2. The molecular weight excluding hydrogens is 308 g/mol. The molecule has 2 aromatic rings. The van der Waals surface area contributed by atoms with Crippen LogP contribution in [0.2, 0.25) is 5.02 Å². The van der Waals surface area contributed by atoms with Gasteiger partial charge in [0.05, 0.1) is 10.2 Å². The summed E-state index contributed by atoms with van der Waals surface area (Å²) in [6.45, 7) is 0. The number of benzene rings is 1. The topological polar surface area (TPSA) is 31.9 Å². The average Bonchev–Trinajstić information content (AvgIpc) is 2.64. The Hall–Kier alpha value is -1.07. The van der Waals surface area contributed by atoms with Gasteiger partial charge < -0.3 is 4.90 Å². The van der Waals surface area contributed by atoms with E-state index >= 15 is 0 Å². The summed E-state index contributed by atoms with van der Waals surface area (Å²) in [6, 6.07) is 4.41. The average molecular weight is 319 g/mol. The van der Waals surface area contributed by atoms with Crippen LogP contribution in [0, 0.1) is 5.82 Å². The van der Waals surface area contributed by atoms with Gasteiger partial charge in [-0.2, -0.15) is 5.10 Å². The number of aromatic amines is 1. The van der Waals surface area contributed by atoms with Crippen LogP contribution in [0.25, 0.3) is 11.3 Å². The molecule has 0 aliphatic carbocycles. The lowest BCUT2D eigenvalue weighted by Crippen LogP contribution is -2.09. The van der Waals surface area contributed by atoms with Gasteiger partial charge in [-0.3, -0.25) is 5.10 Å². The zero-order chi connectivity index (χ0) is 12.6. The summed E-state index contributed by atoms with van der Waals surface area (Å²) >= 11 is 9.26. The van der Waals surface area contributed by atoms with Gasteiger partial charge >= 0.3 is 0 Å². The molecule has 1 aromatic carbocycles. The molecule has 17 heavy (non-hydrogen) atoms. The van der Waals surface area contributed by atoms with Crippen LogP contribution in [0.1, 0.15) is 0 Å². The number of nitrogens with one attached hydrogen (secondary N) is 1. The summed E-state index contributed by atoms with van der Waals surface area (Å²) in [6.07, 6.45) is 0. The zero-order valence-electron chi connectivity index (χ0n) is 9.26. The van der Waals surface area contributed by atoms with Crippen LogP contribution in [0.4, 0.5) is 10.2 Å². The molecule has 0 aliphatic heterocycles. The van der Waals surface area contributed by atoms with Crippen molar-refractivity contribution in [3.8, 4) is 11.3 Å². The van der Waals surface area contributed by atoms with E-state index in [0.717, 1.165) is 0 Å². The minimum atomic E-state index is -0.343. The molecular formula is C11H10BrClFN3. The SMILES string of the molecule is CN(C)c1n[nH]c(-c2cc(Cl)ccc2F)c1Br. The molecule has 1 N–H and O–H groups in total. The predicted octanol–water partition coefficient (Wildman–Crippen LogP) is 3.70. The maximum absolute atomic E-state index is 13.7. The van der Waals surface area contributed by atoms with Crippen molar-refractivity contribution in [2.45, 2.75) is 0 Å². The number of rotatable bonds is 2. The maximum atomic E-state index is 13.7. The van der Waals surface area contributed by atoms with E-state index < -0.39 is 0 Å².